The first kappa shape index (κ1) is 28.2. The Morgan fingerprint density at radius 1 is 1.04 bits per heavy atom. The number of halogens is 3. The van der Waals surface area contributed by atoms with Gasteiger partial charge in [-0.05, 0) is 49.4 Å². The van der Waals surface area contributed by atoms with E-state index in [1.807, 2.05) is 4.40 Å². The molecule has 0 saturated heterocycles. The average molecular weight is 606 g/mol. The van der Waals surface area contributed by atoms with Crippen molar-refractivity contribution in [1.82, 2.24) is 24.7 Å². The molecule has 8 nitrogen and oxygen atoms in total. The number of carbonyl (C=O) groups excluding carboxylic acids is 1. The van der Waals surface area contributed by atoms with Crippen LogP contribution in [0.4, 0.5) is 24.7 Å². The lowest BCUT2D eigenvalue weighted by Crippen LogP contribution is -2.42. The summed E-state index contributed by atoms with van der Waals surface area (Å²) in [7, 11) is 0. The van der Waals surface area contributed by atoms with Crippen molar-refractivity contribution in [3.05, 3.63) is 114 Å². The van der Waals surface area contributed by atoms with Gasteiger partial charge in [-0.3, -0.25) is 4.79 Å². The number of amides is 1. The Balaban J connectivity index is 1.23. The number of anilines is 1. The van der Waals surface area contributed by atoms with Gasteiger partial charge in [0, 0.05) is 65.0 Å². The maximum Gasteiger partial charge on any atom is 0.251 e. The molecule has 1 saturated carbocycles. The largest absolute Gasteiger partial charge is 0.365 e. The summed E-state index contributed by atoms with van der Waals surface area (Å²) >= 11 is 0. The zero-order valence-corrected chi connectivity index (χ0v) is 23.8. The number of hydrogen-bond acceptors (Lipinski definition) is 4. The van der Waals surface area contributed by atoms with Gasteiger partial charge in [0.05, 0.1) is 17.8 Å². The summed E-state index contributed by atoms with van der Waals surface area (Å²) in [5.41, 5.74) is 2.03. The number of rotatable bonds is 6. The molecule has 0 bridgehead atoms. The molecule has 224 valence electrons. The highest BCUT2D eigenvalue weighted by Gasteiger charge is 2.29. The molecule has 1 aliphatic carbocycles. The first-order valence-electron chi connectivity index (χ1n) is 14.5. The number of aromatic amines is 1. The topological polar surface area (TPSA) is 91.5 Å². The molecule has 4 aromatic heterocycles. The summed E-state index contributed by atoms with van der Waals surface area (Å²) in [5.74, 6) is -2.57. The van der Waals surface area contributed by atoms with Crippen LogP contribution in [0.5, 0.6) is 0 Å². The Morgan fingerprint density at radius 3 is 2.69 bits per heavy atom. The van der Waals surface area contributed by atoms with Crippen molar-refractivity contribution >= 4 is 34.0 Å². The number of benzene rings is 2. The molecule has 1 amide bonds. The Labute approximate surface area is 255 Å². The summed E-state index contributed by atoms with van der Waals surface area (Å²) in [6, 6.07) is 13.6. The minimum atomic E-state index is -0.788. The van der Waals surface area contributed by atoms with Crippen LogP contribution in [0.1, 0.15) is 36.0 Å². The lowest BCUT2D eigenvalue weighted by atomic mass is 9.90. The van der Waals surface area contributed by atoms with Gasteiger partial charge in [0.1, 0.15) is 17.3 Å². The maximum atomic E-state index is 16.4. The molecule has 45 heavy (non-hydrogen) atoms. The van der Waals surface area contributed by atoms with Crippen molar-refractivity contribution in [2.24, 2.45) is 0 Å². The van der Waals surface area contributed by atoms with Crippen LogP contribution in [0.15, 0.2) is 79.4 Å². The second kappa shape index (κ2) is 11.5. The molecule has 11 heteroatoms. The van der Waals surface area contributed by atoms with E-state index >= 15 is 4.39 Å². The number of aromatic nitrogens is 4. The third-order valence-corrected chi connectivity index (χ3v) is 8.26. The van der Waals surface area contributed by atoms with E-state index in [9.17, 15) is 13.6 Å². The van der Waals surface area contributed by atoms with E-state index in [1.54, 1.807) is 61.1 Å². The van der Waals surface area contributed by atoms with Gasteiger partial charge < -0.3 is 20.0 Å². The van der Waals surface area contributed by atoms with Gasteiger partial charge in [0.25, 0.3) is 5.91 Å². The summed E-state index contributed by atoms with van der Waals surface area (Å²) in [4.78, 5) is 28.4. The van der Waals surface area contributed by atoms with Gasteiger partial charge in [0.2, 0.25) is 5.69 Å². The molecule has 4 heterocycles. The average Bonchev–Trinajstić information content (AvgIpc) is 3.69. The number of fused-ring (bicyclic) bond motifs is 2. The number of nitrogens with zero attached hydrogens (tertiary/aromatic N) is 4. The predicted octanol–water partition coefficient (Wildman–Crippen LogP) is 7.67. The molecule has 2 atom stereocenters. The van der Waals surface area contributed by atoms with Crippen LogP contribution in [-0.4, -0.2) is 37.3 Å². The van der Waals surface area contributed by atoms with Crippen molar-refractivity contribution in [2.45, 2.75) is 37.8 Å². The first-order valence-corrected chi connectivity index (χ1v) is 14.5. The van der Waals surface area contributed by atoms with Crippen LogP contribution in [0.2, 0.25) is 0 Å². The number of pyridine rings is 2. The highest BCUT2D eigenvalue weighted by Crippen LogP contribution is 2.44. The zero-order valence-electron chi connectivity index (χ0n) is 23.8. The lowest BCUT2D eigenvalue weighted by molar-refractivity contribution is 0.0926. The van der Waals surface area contributed by atoms with Gasteiger partial charge in [-0.15, -0.1) is 0 Å². The standard InChI is InChI=1S/C34H26F3N7O/c1-38-32-28(19-6-3-2-4-7-19)29(37)33(43-31(32)25-18-40-30-24(25)15-21(35)16-26(30)36)41-22-8-5-9-23(17-22)42-34(45)20-10-12-44-13-11-39-27(44)14-20/h2-4,6-7,10-16,18,22-23,40H,5,8-9,17H2,(H,41,43)(H,42,45)/t22-,23+/m0/s1. The monoisotopic (exact) mass is 605 g/mol. The van der Waals surface area contributed by atoms with Crippen LogP contribution >= 0.6 is 0 Å². The first-order chi connectivity index (χ1) is 21.9. The highest BCUT2D eigenvalue weighted by atomic mass is 19.1. The van der Waals surface area contributed by atoms with E-state index in [2.05, 4.69) is 30.4 Å². The Hall–Kier alpha value is -5.63. The minimum Gasteiger partial charge on any atom is -0.365 e. The van der Waals surface area contributed by atoms with Crippen LogP contribution < -0.4 is 10.6 Å². The lowest BCUT2D eigenvalue weighted by Gasteiger charge is -2.31. The summed E-state index contributed by atoms with van der Waals surface area (Å²) < 4.78 is 47.1. The molecule has 3 N–H and O–H groups in total. The fourth-order valence-corrected chi connectivity index (χ4v) is 6.13. The number of hydrogen-bond donors (Lipinski definition) is 3. The van der Waals surface area contributed by atoms with Crippen molar-refractivity contribution in [2.75, 3.05) is 5.32 Å². The smallest absolute Gasteiger partial charge is 0.251 e. The number of carbonyl (C=O) groups is 1. The Kier molecular flexibility index (Phi) is 7.17. The molecule has 0 spiro atoms. The van der Waals surface area contributed by atoms with Gasteiger partial charge in [0.15, 0.2) is 11.6 Å². The van der Waals surface area contributed by atoms with Crippen molar-refractivity contribution < 1.29 is 18.0 Å². The van der Waals surface area contributed by atoms with Crippen LogP contribution in [0.3, 0.4) is 0 Å². The molecule has 2 aromatic carbocycles. The van der Waals surface area contributed by atoms with E-state index < -0.39 is 17.5 Å². The maximum absolute atomic E-state index is 16.4. The molecule has 0 unspecified atom stereocenters. The van der Waals surface area contributed by atoms with Gasteiger partial charge in [-0.2, -0.15) is 0 Å². The normalized spacial score (nSPS) is 16.5. The third kappa shape index (κ3) is 5.25. The van der Waals surface area contributed by atoms with E-state index in [0.29, 0.717) is 29.6 Å². The minimum absolute atomic E-state index is 0.0411. The van der Waals surface area contributed by atoms with E-state index in [1.165, 1.54) is 6.20 Å². The number of imidazole rings is 1. The fourth-order valence-electron chi connectivity index (χ4n) is 6.13. The fraction of sp³-hybridized carbons (Fsp3) is 0.176. The number of nitrogens with one attached hydrogen (secondary N) is 3. The van der Waals surface area contributed by atoms with Crippen molar-refractivity contribution in [1.29, 1.82) is 0 Å². The van der Waals surface area contributed by atoms with Crippen molar-refractivity contribution in [3.63, 3.8) is 0 Å². The van der Waals surface area contributed by atoms with Gasteiger partial charge >= 0.3 is 0 Å². The Morgan fingerprint density at radius 2 is 1.87 bits per heavy atom. The van der Waals surface area contributed by atoms with Gasteiger partial charge in [-0.1, -0.05) is 30.3 Å². The number of H-pyrrole nitrogens is 1. The Bertz CT molecular complexity index is 2120. The molecular formula is C34H26F3N7O. The molecule has 0 radical (unpaired) electrons. The van der Waals surface area contributed by atoms with Crippen molar-refractivity contribution in [3.8, 4) is 22.4 Å². The van der Waals surface area contributed by atoms with E-state index in [-0.39, 0.29) is 57.2 Å². The second-order valence-electron chi connectivity index (χ2n) is 11.1. The second-order valence-corrected chi connectivity index (χ2v) is 11.1. The molecule has 7 rings (SSSR count). The van der Waals surface area contributed by atoms with Crippen LogP contribution in [0, 0.1) is 24.0 Å². The predicted molar refractivity (Wildman–Crippen MR) is 165 cm³/mol. The van der Waals surface area contributed by atoms with E-state index in [4.69, 9.17) is 6.57 Å². The molecule has 0 aliphatic heterocycles. The summed E-state index contributed by atoms with van der Waals surface area (Å²) in [6.07, 6.45) is 9.46. The van der Waals surface area contributed by atoms with E-state index in [0.717, 1.165) is 25.0 Å². The van der Waals surface area contributed by atoms with Crippen LogP contribution in [-0.2, 0) is 0 Å². The molecule has 6 aromatic rings. The molecule has 1 aliphatic rings. The third-order valence-electron chi connectivity index (χ3n) is 8.26. The van der Waals surface area contributed by atoms with Gasteiger partial charge in [-0.25, -0.2) is 28.0 Å². The zero-order chi connectivity index (χ0) is 31.1. The SMILES string of the molecule is [C-]#[N+]c1c(-c2c[nH]c3c(F)cc(F)cc23)nc(N[C@H]2CCC[C@@H](NC(=O)c3ccn4ccnc4c3)C2)c(F)c1-c1ccccc1. The highest BCUT2D eigenvalue weighted by molar-refractivity contribution is 6.01. The summed E-state index contributed by atoms with van der Waals surface area (Å²) in [6.45, 7) is 7.98. The quantitative estimate of drug-likeness (QED) is 0.170. The molecule has 1 fully saturated rings. The summed E-state index contributed by atoms with van der Waals surface area (Å²) in [5, 5.41) is 6.52. The molecular weight excluding hydrogens is 579 g/mol. The van der Waals surface area contributed by atoms with Crippen LogP contribution in [0.25, 0.3) is 43.8 Å².